The van der Waals surface area contributed by atoms with E-state index in [1.807, 2.05) is 48.5 Å². The van der Waals surface area contributed by atoms with Crippen LogP contribution in [0.1, 0.15) is 60.7 Å². The molecule has 0 spiro atoms. The van der Waals surface area contributed by atoms with Gasteiger partial charge in [0.05, 0.1) is 11.5 Å². The van der Waals surface area contributed by atoms with Gasteiger partial charge in [-0.15, -0.1) is 0 Å². The van der Waals surface area contributed by atoms with Crippen LogP contribution < -0.4 is 10.1 Å². The zero-order valence-corrected chi connectivity index (χ0v) is 14.5. The van der Waals surface area contributed by atoms with Crippen molar-refractivity contribution in [1.82, 2.24) is 9.97 Å². The topological polar surface area (TPSA) is 90.2 Å². The fraction of sp³-hybridized carbons (Fsp3) is 0.733. The molecule has 0 atom stereocenters. The van der Waals surface area contributed by atoms with Gasteiger partial charge in [0, 0.05) is 11.0 Å². The molecule has 0 saturated carbocycles. The molecule has 0 aliphatic heterocycles. The van der Waals surface area contributed by atoms with E-state index in [9.17, 15) is 10.1 Å². The van der Waals surface area contributed by atoms with Crippen LogP contribution in [0.3, 0.4) is 0 Å². The predicted octanol–water partition coefficient (Wildman–Crippen LogP) is 3.68. The highest BCUT2D eigenvalue weighted by molar-refractivity contribution is 5.62. The van der Waals surface area contributed by atoms with Crippen molar-refractivity contribution in [2.24, 2.45) is 0 Å². The van der Waals surface area contributed by atoms with E-state index in [4.69, 9.17) is 4.74 Å². The molecule has 22 heavy (non-hydrogen) atoms. The highest BCUT2D eigenvalue weighted by Crippen LogP contribution is 2.35. The van der Waals surface area contributed by atoms with Gasteiger partial charge in [-0.25, -0.2) is 4.98 Å². The minimum atomic E-state index is -0.495. The summed E-state index contributed by atoms with van der Waals surface area (Å²) in [6.45, 7) is 13.9. The van der Waals surface area contributed by atoms with E-state index in [0.29, 0.717) is 12.4 Å². The van der Waals surface area contributed by atoms with Gasteiger partial charge >= 0.3 is 5.69 Å². The van der Waals surface area contributed by atoms with Gasteiger partial charge in [0.2, 0.25) is 5.82 Å². The smallest absolute Gasteiger partial charge is 0.372 e. The minimum absolute atomic E-state index is 0.0264. The van der Waals surface area contributed by atoms with Crippen LogP contribution in [0.5, 0.6) is 5.88 Å². The molecule has 1 N–H and O–H groups in total. The Labute approximate surface area is 131 Å². The first kappa shape index (κ1) is 18.1. The number of aromatic nitrogens is 2. The second-order valence-corrected chi connectivity index (χ2v) is 7.28. The zero-order chi connectivity index (χ0) is 17.1. The molecular formula is C15H26N4O3. The van der Waals surface area contributed by atoms with Gasteiger partial charge in [-0.3, -0.25) is 10.1 Å². The maximum atomic E-state index is 11.5. The van der Waals surface area contributed by atoms with Crippen LogP contribution in [0.15, 0.2) is 0 Å². The van der Waals surface area contributed by atoms with Gasteiger partial charge in [-0.05, 0) is 27.2 Å². The molecule has 0 aliphatic carbocycles. The van der Waals surface area contributed by atoms with Crippen LogP contribution >= 0.6 is 0 Å². The summed E-state index contributed by atoms with van der Waals surface area (Å²) in [5, 5.41) is 14.5. The number of anilines is 1. The molecule has 7 heteroatoms. The third-order valence-electron chi connectivity index (χ3n) is 2.64. The van der Waals surface area contributed by atoms with Crippen molar-refractivity contribution in [2.75, 3.05) is 11.9 Å². The lowest BCUT2D eigenvalue weighted by atomic mass is 9.95. The Morgan fingerprint density at radius 1 is 1.18 bits per heavy atom. The predicted molar refractivity (Wildman–Crippen MR) is 86.5 cm³/mol. The second-order valence-electron chi connectivity index (χ2n) is 7.28. The number of nitrogens with one attached hydrogen (secondary N) is 1. The first-order chi connectivity index (χ1) is 9.95. The van der Waals surface area contributed by atoms with E-state index < -0.39 is 4.92 Å². The lowest BCUT2D eigenvalue weighted by Gasteiger charge is -2.24. The molecule has 0 amide bonds. The normalized spacial score (nSPS) is 12.1. The lowest BCUT2D eigenvalue weighted by molar-refractivity contribution is -0.385. The molecule has 0 fully saturated rings. The molecule has 1 aromatic rings. The van der Waals surface area contributed by atoms with Gasteiger partial charge in [0.25, 0.3) is 5.88 Å². The van der Waals surface area contributed by atoms with Gasteiger partial charge < -0.3 is 10.1 Å². The van der Waals surface area contributed by atoms with E-state index in [1.54, 1.807) is 0 Å². The monoisotopic (exact) mass is 310 g/mol. The third kappa shape index (κ3) is 4.82. The summed E-state index contributed by atoms with van der Waals surface area (Å²) in [5.41, 5.74) is -0.916. The molecule has 0 aromatic carbocycles. The van der Waals surface area contributed by atoms with E-state index in [2.05, 4.69) is 15.3 Å². The SMILES string of the molecule is CCCOc1nc(C(C)(C)C)nc(NC(C)(C)C)c1[N+](=O)[O-]. The van der Waals surface area contributed by atoms with Gasteiger partial charge in [0.1, 0.15) is 5.82 Å². The second kappa shape index (κ2) is 6.46. The number of rotatable bonds is 5. The molecule has 1 heterocycles. The molecule has 0 saturated heterocycles. The van der Waals surface area contributed by atoms with Crippen LogP contribution in [0.2, 0.25) is 0 Å². The van der Waals surface area contributed by atoms with Crippen LogP contribution in [-0.2, 0) is 5.41 Å². The highest BCUT2D eigenvalue weighted by Gasteiger charge is 2.31. The van der Waals surface area contributed by atoms with Crippen molar-refractivity contribution in [3.63, 3.8) is 0 Å². The Balaban J connectivity index is 3.51. The molecule has 1 aromatic heterocycles. The zero-order valence-electron chi connectivity index (χ0n) is 14.5. The van der Waals surface area contributed by atoms with E-state index in [1.165, 1.54) is 0 Å². The summed E-state index contributed by atoms with van der Waals surface area (Å²) in [6.07, 6.45) is 0.744. The maximum Gasteiger partial charge on any atom is 0.372 e. The van der Waals surface area contributed by atoms with Crippen LogP contribution in [0.4, 0.5) is 11.5 Å². The number of hydrogen-bond acceptors (Lipinski definition) is 6. The van der Waals surface area contributed by atoms with Gasteiger partial charge in [-0.2, -0.15) is 4.98 Å². The average molecular weight is 310 g/mol. The largest absolute Gasteiger partial charge is 0.473 e. The van der Waals surface area contributed by atoms with Crippen LogP contribution in [-0.4, -0.2) is 27.0 Å². The maximum absolute atomic E-state index is 11.5. The fourth-order valence-corrected chi connectivity index (χ4v) is 1.68. The van der Waals surface area contributed by atoms with Crippen molar-refractivity contribution in [3.8, 4) is 5.88 Å². The Morgan fingerprint density at radius 3 is 2.18 bits per heavy atom. The quantitative estimate of drug-likeness (QED) is 0.659. The summed E-state index contributed by atoms with van der Waals surface area (Å²) in [7, 11) is 0. The number of nitro groups is 1. The van der Waals surface area contributed by atoms with Crippen molar-refractivity contribution in [3.05, 3.63) is 15.9 Å². The Hall–Kier alpha value is -1.92. The molecule has 1 rings (SSSR count). The van der Waals surface area contributed by atoms with Crippen molar-refractivity contribution >= 4 is 11.5 Å². The van der Waals surface area contributed by atoms with Gasteiger partial charge in [0.15, 0.2) is 0 Å². The first-order valence-electron chi connectivity index (χ1n) is 7.43. The highest BCUT2D eigenvalue weighted by atomic mass is 16.6. The lowest BCUT2D eigenvalue weighted by Crippen LogP contribution is -2.29. The minimum Gasteiger partial charge on any atom is -0.473 e. The summed E-state index contributed by atoms with van der Waals surface area (Å²) >= 11 is 0. The van der Waals surface area contributed by atoms with E-state index in [-0.39, 0.29) is 28.3 Å². The molecule has 7 nitrogen and oxygen atoms in total. The van der Waals surface area contributed by atoms with Gasteiger partial charge in [-0.1, -0.05) is 27.7 Å². The number of hydrogen-bond donors (Lipinski definition) is 1. The first-order valence-corrected chi connectivity index (χ1v) is 7.43. The molecule has 0 bridgehead atoms. The summed E-state index contributed by atoms with van der Waals surface area (Å²) in [5.74, 6) is 0.734. The molecule has 0 unspecified atom stereocenters. The Bertz CT molecular complexity index is 545. The number of ether oxygens (including phenoxy) is 1. The van der Waals surface area contributed by atoms with Crippen LogP contribution in [0.25, 0.3) is 0 Å². The fourth-order valence-electron chi connectivity index (χ4n) is 1.68. The van der Waals surface area contributed by atoms with Crippen molar-refractivity contribution in [1.29, 1.82) is 0 Å². The molecule has 124 valence electrons. The average Bonchev–Trinajstić information content (AvgIpc) is 2.32. The van der Waals surface area contributed by atoms with Crippen LogP contribution in [0, 0.1) is 10.1 Å². The molecule has 0 aliphatic rings. The van der Waals surface area contributed by atoms with E-state index in [0.717, 1.165) is 6.42 Å². The van der Waals surface area contributed by atoms with Crippen molar-refractivity contribution < 1.29 is 9.66 Å². The third-order valence-corrected chi connectivity index (χ3v) is 2.64. The van der Waals surface area contributed by atoms with Crippen molar-refractivity contribution in [2.45, 2.75) is 65.8 Å². The number of nitrogens with zero attached hydrogens (tertiary/aromatic N) is 3. The molecular weight excluding hydrogens is 284 g/mol. The summed E-state index contributed by atoms with van der Waals surface area (Å²) in [6, 6.07) is 0. The Morgan fingerprint density at radius 2 is 1.77 bits per heavy atom. The molecule has 0 radical (unpaired) electrons. The Kier molecular flexibility index (Phi) is 5.32. The van der Waals surface area contributed by atoms with E-state index >= 15 is 0 Å². The standard InChI is InChI=1S/C15H26N4O3/c1-8-9-22-12-10(19(20)21)11(18-15(5,6)7)16-13(17-12)14(2,3)4/h8-9H2,1-7H3,(H,16,17,18). The summed E-state index contributed by atoms with van der Waals surface area (Å²) in [4.78, 5) is 19.6. The summed E-state index contributed by atoms with van der Waals surface area (Å²) < 4.78 is 5.51.